The largest absolute Gasteiger partial charge is 0.497 e. The molecule has 1 amide bonds. The minimum atomic E-state index is -0.221. The lowest BCUT2D eigenvalue weighted by molar-refractivity contribution is 0.102. The molecule has 0 saturated heterocycles. The first-order chi connectivity index (χ1) is 17.1. The van der Waals surface area contributed by atoms with Gasteiger partial charge in [-0.1, -0.05) is 36.4 Å². The van der Waals surface area contributed by atoms with Crippen molar-refractivity contribution in [1.82, 2.24) is 19.5 Å². The van der Waals surface area contributed by atoms with E-state index in [0.717, 1.165) is 16.6 Å². The van der Waals surface area contributed by atoms with Crippen molar-refractivity contribution < 1.29 is 9.53 Å². The summed E-state index contributed by atoms with van der Waals surface area (Å²) in [5.74, 6) is 1.63. The molecule has 2 aromatic heterocycles. The fourth-order valence-electron chi connectivity index (χ4n) is 3.81. The second-order valence-electron chi connectivity index (χ2n) is 8.02. The van der Waals surface area contributed by atoms with Gasteiger partial charge in [0.05, 0.1) is 24.2 Å². The topological polar surface area (TPSA) is 94.0 Å². The number of carbonyl (C=O) groups excluding carboxylic acids is 1. The predicted octanol–water partition coefficient (Wildman–Crippen LogP) is 5.25. The Morgan fingerprint density at radius 1 is 0.971 bits per heavy atom. The van der Waals surface area contributed by atoms with Crippen LogP contribution in [0.25, 0.3) is 16.9 Å². The van der Waals surface area contributed by atoms with E-state index >= 15 is 0 Å². The molecule has 8 nitrogen and oxygen atoms in total. The third kappa shape index (κ3) is 4.81. The molecule has 0 aliphatic carbocycles. The number of fused-ring (bicyclic) bond motifs is 1. The van der Waals surface area contributed by atoms with Crippen LogP contribution in [0.3, 0.4) is 0 Å². The normalized spacial score (nSPS) is 11.7. The first kappa shape index (κ1) is 22.1. The zero-order valence-electron chi connectivity index (χ0n) is 19.3. The van der Waals surface area contributed by atoms with Gasteiger partial charge >= 0.3 is 0 Å². The summed E-state index contributed by atoms with van der Waals surface area (Å²) in [6.07, 6.45) is 3.43. The van der Waals surface area contributed by atoms with E-state index in [1.807, 2.05) is 47.0 Å². The minimum absolute atomic E-state index is 0.0572. The molecule has 0 aliphatic heterocycles. The van der Waals surface area contributed by atoms with E-state index in [1.54, 1.807) is 43.9 Å². The highest BCUT2D eigenvalue weighted by atomic mass is 16.5. The zero-order chi connectivity index (χ0) is 24.2. The van der Waals surface area contributed by atoms with Crippen LogP contribution in [0.5, 0.6) is 5.75 Å². The van der Waals surface area contributed by atoms with Crippen molar-refractivity contribution >= 4 is 28.6 Å². The molecular weight excluding hydrogens is 440 g/mol. The van der Waals surface area contributed by atoms with Crippen molar-refractivity contribution in [2.75, 3.05) is 17.7 Å². The number of aromatic nitrogens is 4. The van der Waals surface area contributed by atoms with E-state index in [2.05, 4.69) is 44.6 Å². The molecule has 174 valence electrons. The van der Waals surface area contributed by atoms with Crippen LogP contribution >= 0.6 is 0 Å². The van der Waals surface area contributed by atoms with Crippen LogP contribution in [-0.2, 0) is 0 Å². The Labute approximate surface area is 202 Å². The molecule has 0 aliphatic rings. The maximum atomic E-state index is 12.7. The van der Waals surface area contributed by atoms with Gasteiger partial charge in [-0.05, 0) is 55.0 Å². The van der Waals surface area contributed by atoms with Crippen LogP contribution in [-0.4, -0.2) is 32.5 Å². The lowest BCUT2D eigenvalue weighted by atomic mass is 10.1. The maximum Gasteiger partial charge on any atom is 0.255 e. The highest BCUT2D eigenvalue weighted by Gasteiger charge is 2.12. The van der Waals surface area contributed by atoms with Crippen molar-refractivity contribution in [2.24, 2.45) is 0 Å². The number of anilines is 2. The molecule has 0 fully saturated rings. The Kier molecular flexibility index (Phi) is 6.09. The number of nitrogens with one attached hydrogen (secondary N) is 2. The van der Waals surface area contributed by atoms with Crippen molar-refractivity contribution in [3.63, 3.8) is 0 Å². The Bertz CT molecular complexity index is 1480. The summed E-state index contributed by atoms with van der Waals surface area (Å²) in [5.41, 5.74) is 3.92. The molecule has 0 saturated carbocycles. The van der Waals surface area contributed by atoms with Crippen molar-refractivity contribution in [2.45, 2.75) is 13.0 Å². The first-order valence-electron chi connectivity index (χ1n) is 11.2. The Morgan fingerprint density at radius 2 is 1.83 bits per heavy atom. The van der Waals surface area contributed by atoms with Crippen LogP contribution < -0.4 is 15.4 Å². The summed E-state index contributed by atoms with van der Waals surface area (Å²) < 4.78 is 7.09. The van der Waals surface area contributed by atoms with E-state index in [0.29, 0.717) is 28.8 Å². The van der Waals surface area contributed by atoms with Crippen LogP contribution in [0, 0.1) is 0 Å². The average Bonchev–Trinajstić information content (AvgIpc) is 3.32. The number of benzene rings is 3. The number of ether oxygens (including phenoxy) is 1. The maximum absolute atomic E-state index is 12.7. The fraction of sp³-hybridized carbons (Fsp3) is 0.111. The summed E-state index contributed by atoms with van der Waals surface area (Å²) >= 11 is 0. The molecule has 2 heterocycles. The average molecular weight is 465 g/mol. The lowest BCUT2D eigenvalue weighted by Gasteiger charge is -2.14. The van der Waals surface area contributed by atoms with Gasteiger partial charge in [-0.2, -0.15) is 4.98 Å². The molecule has 0 radical (unpaired) electrons. The first-order valence-corrected chi connectivity index (χ1v) is 11.2. The second kappa shape index (κ2) is 9.64. The Morgan fingerprint density at radius 3 is 2.66 bits per heavy atom. The summed E-state index contributed by atoms with van der Waals surface area (Å²) in [6, 6.07) is 24.6. The van der Waals surface area contributed by atoms with Gasteiger partial charge in [0.1, 0.15) is 17.9 Å². The number of amides is 1. The van der Waals surface area contributed by atoms with Crippen molar-refractivity contribution in [3.05, 3.63) is 103 Å². The molecule has 1 unspecified atom stereocenters. The SMILES string of the molecule is COc1cccc(C(=O)Nc2ccc3c(c2)ncn3-c2ccnc(NC(C)c3ccccc3)n2)c1. The monoisotopic (exact) mass is 464 g/mol. The number of methoxy groups -OCH3 is 1. The highest BCUT2D eigenvalue weighted by molar-refractivity contribution is 6.05. The molecule has 5 rings (SSSR count). The van der Waals surface area contributed by atoms with Gasteiger partial charge in [0.15, 0.2) is 0 Å². The molecule has 0 spiro atoms. The zero-order valence-corrected chi connectivity index (χ0v) is 19.3. The Hall–Kier alpha value is -4.72. The number of rotatable bonds is 7. The minimum Gasteiger partial charge on any atom is -0.497 e. The van der Waals surface area contributed by atoms with E-state index < -0.39 is 0 Å². The van der Waals surface area contributed by atoms with Crippen LogP contribution in [0.2, 0.25) is 0 Å². The third-order valence-corrected chi connectivity index (χ3v) is 5.67. The lowest BCUT2D eigenvalue weighted by Crippen LogP contribution is -2.12. The number of hydrogen-bond donors (Lipinski definition) is 2. The van der Waals surface area contributed by atoms with Gasteiger partial charge < -0.3 is 15.4 Å². The van der Waals surface area contributed by atoms with Gasteiger partial charge in [0, 0.05) is 17.4 Å². The summed E-state index contributed by atoms with van der Waals surface area (Å²) in [6.45, 7) is 2.07. The third-order valence-electron chi connectivity index (χ3n) is 5.67. The molecule has 35 heavy (non-hydrogen) atoms. The van der Waals surface area contributed by atoms with E-state index in [1.165, 1.54) is 0 Å². The standard InChI is InChI=1S/C27H24N6O2/c1-18(19-7-4-3-5-8-19)30-27-28-14-13-25(32-27)33-17-29-23-16-21(11-12-24(23)33)31-26(34)20-9-6-10-22(15-20)35-2/h3-18H,1-2H3,(H,31,34)(H,28,30,32). The van der Waals surface area contributed by atoms with Gasteiger partial charge in [-0.3, -0.25) is 9.36 Å². The van der Waals surface area contributed by atoms with Crippen LogP contribution in [0.4, 0.5) is 11.6 Å². The molecule has 0 bridgehead atoms. The van der Waals surface area contributed by atoms with E-state index in [4.69, 9.17) is 4.74 Å². The molecule has 5 aromatic rings. The fourth-order valence-corrected chi connectivity index (χ4v) is 3.81. The number of nitrogens with zero attached hydrogens (tertiary/aromatic N) is 4. The predicted molar refractivity (Wildman–Crippen MR) is 136 cm³/mol. The molecule has 3 aromatic carbocycles. The second-order valence-corrected chi connectivity index (χ2v) is 8.02. The summed E-state index contributed by atoms with van der Waals surface area (Å²) in [4.78, 5) is 26.2. The van der Waals surface area contributed by atoms with Crippen LogP contribution in [0.15, 0.2) is 91.4 Å². The van der Waals surface area contributed by atoms with Crippen LogP contribution in [0.1, 0.15) is 28.9 Å². The Balaban J connectivity index is 1.35. The van der Waals surface area contributed by atoms with E-state index in [9.17, 15) is 4.79 Å². The number of imidazole rings is 1. The molecule has 2 N–H and O–H groups in total. The number of carbonyl (C=O) groups is 1. The molecule has 1 atom stereocenters. The molecule has 8 heteroatoms. The quantitative estimate of drug-likeness (QED) is 0.342. The van der Waals surface area contributed by atoms with Crippen molar-refractivity contribution in [1.29, 1.82) is 0 Å². The number of hydrogen-bond acceptors (Lipinski definition) is 6. The van der Waals surface area contributed by atoms with Crippen molar-refractivity contribution in [3.8, 4) is 11.6 Å². The van der Waals surface area contributed by atoms with Gasteiger partial charge in [-0.25, -0.2) is 9.97 Å². The summed E-state index contributed by atoms with van der Waals surface area (Å²) in [5, 5.41) is 6.27. The molecular formula is C27H24N6O2. The van der Waals surface area contributed by atoms with Gasteiger partial charge in [0.2, 0.25) is 5.95 Å². The highest BCUT2D eigenvalue weighted by Crippen LogP contribution is 2.23. The van der Waals surface area contributed by atoms with Gasteiger partial charge in [0.25, 0.3) is 5.91 Å². The smallest absolute Gasteiger partial charge is 0.255 e. The summed E-state index contributed by atoms with van der Waals surface area (Å²) in [7, 11) is 1.57. The van der Waals surface area contributed by atoms with E-state index in [-0.39, 0.29) is 11.9 Å². The van der Waals surface area contributed by atoms with Gasteiger partial charge in [-0.15, -0.1) is 0 Å².